The van der Waals surface area contributed by atoms with Gasteiger partial charge in [-0.1, -0.05) is 36.4 Å². The number of aliphatic hydroxyl groups excluding tert-OH is 1. The second-order valence-corrected chi connectivity index (χ2v) is 2.89. The highest BCUT2D eigenvalue weighted by Gasteiger charge is 1.99. The van der Waals surface area contributed by atoms with Crippen molar-refractivity contribution in [3.8, 4) is 0 Å². The summed E-state index contributed by atoms with van der Waals surface area (Å²) < 4.78 is 0. The number of hydrogen-bond donors (Lipinski definition) is 2. The molecule has 0 aromatic heterocycles. The number of benzene rings is 1. The lowest BCUT2D eigenvalue weighted by atomic mass is 10.2. The quantitative estimate of drug-likeness (QED) is 0.665. The smallest absolute Gasteiger partial charge is 0.0620 e. The van der Waals surface area contributed by atoms with E-state index < -0.39 is 0 Å². The molecule has 0 heterocycles. The summed E-state index contributed by atoms with van der Waals surface area (Å²) in [6, 6.07) is 10.1. The lowest BCUT2D eigenvalue weighted by Gasteiger charge is -2.11. The van der Waals surface area contributed by atoms with Crippen LogP contribution in [0.5, 0.6) is 0 Å². The first kappa shape index (κ1) is 9.96. The average Bonchev–Trinajstić information content (AvgIpc) is 2.21. The molecule has 0 bridgehead atoms. The highest BCUT2D eigenvalue weighted by atomic mass is 16.3. The molecule has 1 rings (SSSR count). The lowest BCUT2D eigenvalue weighted by Crippen LogP contribution is -2.29. The molecule has 0 aliphatic carbocycles. The molecule has 0 aliphatic heterocycles. The van der Waals surface area contributed by atoms with Crippen LogP contribution in [-0.2, 0) is 6.54 Å². The van der Waals surface area contributed by atoms with Gasteiger partial charge in [0.15, 0.2) is 0 Å². The predicted octanol–water partition coefficient (Wildman–Crippen LogP) is 1.32. The molecule has 70 valence electrons. The summed E-state index contributed by atoms with van der Waals surface area (Å²) in [6.45, 7) is 4.48. The largest absolute Gasteiger partial charge is 0.394 e. The predicted molar refractivity (Wildman–Crippen MR) is 54.4 cm³/mol. The summed E-state index contributed by atoms with van der Waals surface area (Å²) in [5, 5.41) is 12.0. The molecule has 2 N–H and O–H groups in total. The van der Waals surface area contributed by atoms with Crippen molar-refractivity contribution in [1.29, 1.82) is 0 Å². The van der Waals surface area contributed by atoms with Crippen LogP contribution in [0.1, 0.15) is 5.56 Å². The molecule has 2 heteroatoms. The molecular weight excluding hydrogens is 162 g/mol. The van der Waals surface area contributed by atoms with Gasteiger partial charge >= 0.3 is 0 Å². The zero-order chi connectivity index (χ0) is 9.52. The molecule has 0 aliphatic rings. The Morgan fingerprint density at radius 1 is 1.38 bits per heavy atom. The minimum atomic E-state index is -0.0137. The van der Waals surface area contributed by atoms with Crippen LogP contribution in [0.15, 0.2) is 43.0 Å². The van der Waals surface area contributed by atoms with Crippen LogP contribution in [0.4, 0.5) is 0 Å². The van der Waals surface area contributed by atoms with Gasteiger partial charge in [0, 0.05) is 12.6 Å². The van der Waals surface area contributed by atoms with Gasteiger partial charge in [-0.2, -0.15) is 0 Å². The van der Waals surface area contributed by atoms with Crippen molar-refractivity contribution in [1.82, 2.24) is 5.32 Å². The summed E-state index contributed by atoms with van der Waals surface area (Å²) in [4.78, 5) is 0. The lowest BCUT2D eigenvalue weighted by molar-refractivity contribution is 0.264. The molecule has 1 atom stereocenters. The van der Waals surface area contributed by atoms with Gasteiger partial charge in [-0.15, -0.1) is 6.58 Å². The standard InChI is InChI=1S/C11H15NO/c1-2-11(9-13)12-8-10-6-4-3-5-7-10/h2-7,11-13H,1,8-9H2. The van der Waals surface area contributed by atoms with Crippen molar-refractivity contribution in [3.05, 3.63) is 48.6 Å². The van der Waals surface area contributed by atoms with E-state index in [4.69, 9.17) is 5.11 Å². The summed E-state index contributed by atoms with van der Waals surface area (Å²) in [6.07, 6.45) is 1.71. The number of hydrogen-bond acceptors (Lipinski definition) is 2. The second kappa shape index (κ2) is 5.51. The van der Waals surface area contributed by atoms with Crippen LogP contribution >= 0.6 is 0 Å². The fraction of sp³-hybridized carbons (Fsp3) is 0.273. The molecule has 1 unspecified atom stereocenters. The highest BCUT2D eigenvalue weighted by Crippen LogP contribution is 1.98. The Morgan fingerprint density at radius 2 is 2.08 bits per heavy atom. The zero-order valence-electron chi connectivity index (χ0n) is 7.61. The molecule has 0 saturated carbocycles. The van der Waals surface area contributed by atoms with E-state index in [1.165, 1.54) is 5.56 Å². The molecule has 1 aromatic carbocycles. The van der Waals surface area contributed by atoms with E-state index in [0.29, 0.717) is 0 Å². The van der Waals surface area contributed by atoms with Gasteiger partial charge in [0.25, 0.3) is 0 Å². The monoisotopic (exact) mass is 177 g/mol. The normalized spacial score (nSPS) is 12.4. The molecule has 13 heavy (non-hydrogen) atoms. The van der Waals surface area contributed by atoms with E-state index >= 15 is 0 Å². The van der Waals surface area contributed by atoms with E-state index in [-0.39, 0.29) is 12.6 Å². The zero-order valence-corrected chi connectivity index (χ0v) is 7.61. The number of aliphatic hydroxyl groups is 1. The van der Waals surface area contributed by atoms with Gasteiger partial charge in [-0.25, -0.2) is 0 Å². The third-order valence-corrected chi connectivity index (χ3v) is 1.89. The van der Waals surface area contributed by atoms with Crippen molar-refractivity contribution in [2.24, 2.45) is 0 Å². The van der Waals surface area contributed by atoms with Crippen molar-refractivity contribution < 1.29 is 5.11 Å². The van der Waals surface area contributed by atoms with Crippen LogP contribution in [0.2, 0.25) is 0 Å². The Kier molecular flexibility index (Phi) is 4.23. The van der Waals surface area contributed by atoms with E-state index in [0.717, 1.165) is 6.54 Å². The second-order valence-electron chi connectivity index (χ2n) is 2.89. The number of nitrogens with one attached hydrogen (secondary N) is 1. The summed E-state index contributed by atoms with van der Waals surface area (Å²) in [5.74, 6) is 0. The molecule has 0 saturated heterocycles. The van der Waals surface area contributed by atoms with E-state index in [1.807, 2.05) is 30.3 Å². The summed E-state index contributed by atoms with van der Waals surface area (Å²) >= 11 is 0. The topological polar surface area (TPSA) is 32.3 Å². The molecular formula is C11H15NO. The van der Waals surface area contributed by atoms with Crippen molar-refractivity contribution >= 4 is 0 Å². The Bertz CT molecular complexity index is 246. The van der Waals surface area contributed by atoms with Crippen molar-refractivity contribution in [2.75, 3.05) is 6.61 Å². The fourth-order valence-corrected chi connectivity index (χ4v) is 1.07. The molecule has 1 aromatic rings. The van der Waals surface area contributed by atoms with Crippen molar-refractivity contribution in [3.63, 3.8) is 0 Å². The molecule has 0 radical (unpaired) electrons. The molecule has 0 fully saturated rings. The first-order valence-corrected chi connectivity index (χ1v) is 4.37. The van der Waals surface area contributed by atoms with Gasteiger partial charge < -0.3 is 10.4 Å². The van der Waals surface area contributed by atoms with Crippen LogP contribution in [0, 0.1) is 0 Å². The van der Waals surface area contributed by atoms with Gasteiger partial charge in [0.05, 0.1) is 6.61 Å². The maximum Gasteiger partial charge on any atom is 0.0620 e. The first-order chi connectivity index (χ1) is 6.36. The summed E-state index contributed by atoms with van der Waals surface area (Å²) in [5.41, 5.74) is 1.21. The SMILES string of the molecule is C=CC(CO)NCc1ccccc1. The van der Waals surface area contributed by atoms with Crippen LogP contribution in [0.3, 0.4) is 0 Å². The fourth-order valence-electron chi connectivity index (χ4n) is 1.07. The number of rotatable bonds is 5. The Labute approximate surface area is 78.9 Å². The third-order valence-electron chi connectivity index (χ3n) is 1.89. The molecule has 0 amide bonds. The van der Waals surface area contributed by atoms with Crippen LogP contribution in [-0.4, -0.2) is 17.8 Å². The van der Waals surface area contributed by atoms with E-state index in [1.54, 1.807) is 6.08 Å². The minimum Gasteiger partial charge on any atom is -0.394 e. The summed E-state index contributed by atoms with van der Waals surface area (Å²) in [7, 11) is 0. The van der Waals surface area contributed by atoms with Crippen LogP contribution in [0.25, 0.3) is 0 Å². The average molecular weight is 177 g/mol. The first-order valence-electron chi connectivity index (χ1n) is 4.37. The third kappa shape index (κ3) is 3.40. The Balaban J connectivity index is 2.38. The van der Waals surface area contributed by atoms with Gasteiger partial charge in [0.2, 0.25) is 0 Å². The van der Waals surface area contributed by atoms with Crippen LogP contribution < -0.4 is 5.32 Å². The molecule has 0 spiro atoms. The highest BCUT2D eigenvalue weighted by molar-refractivity contribution is 5.14. The Morgan fingerprint density at radius 3 is 2.62 bits per heavy atom. The van der Waals surface area contributed by atoms with Gasteiger partial charge in [-0.05, 0) is 5.56 Å². The van der Waals surface area contributed by atoms with Crippen molar-refractivity contribution in [2.45, 2.75) is 12.6 Å². The van der Waals surface area contributed by atoms with Gasteiger partial charge in [0.1, 0.15) is 0 Å². The van der Waals surface area contributed by atoms with E-state index in [9.17, 15) is 0 Å². The molecule has 2 nitrogen and oxygen atoms in total. The van der Waals surface area contributed by atoms with E-state index in [2.05, 4.69) is 11.9 Å². The Hall–Kier alpha value is -1.12. The maximum absolute atomic E-state index is 8.87. The maximum atomic E-state index is 8.87. The van der Waals surface area contributed by atoms with Gasteiger partial charge in [-0.3, -0.25) is 0 Å². The minimum absolute atomic E-state index is 0.0137.